The summed E-state index contributed by atoms with van der Waals surface area (Å²) < 4.78 is 0. The van der Waals surface area contributed by atoms with Gasteiger partial charge in [0.25, 0.3) is 0 Å². The van der Waals surface area contributed by atoms with Crippen molar-refractivity contribution in [2.24, 2.45) is 0 Å². The van der Waals surface area contributed by atoms with Crippen molar-refractivity contribution in [1.29, 1.82) is 0 Å². The third-order valence-electron chi connectivity index (χ3n) is 7.90. The molecule has 0 aliphatic carbocycles. The van der Waals surface area contributed by atoms with Gasteiger partial charge in [-0.25, -0.2) is 19.9 Å². The van der Waals surface area contributed by atoms with Crippen molar-refractivity contribution >= 4 is 21.7 Å². The van der Waals surface area contributed by atoms with Crippen molar-refractivity contribution in [1.82, 2.24) is 19.9 Å². The average molecular weight is 563 g/mol. The molecular formula is C40H26N4. The van der Waals surface area contributed by atoms with Crippen LogP contribution in [0, 0.1) is 0 Å². The molecule has 0 radical (unpaired) electrons. The van der Waals surface area contributed by atoms with Crippen molar-refractivity contribution in [2.75, 3.05) is 0 Å². The van der Waals surface area contributed by atoms with Gasteiger partial charge in [0.15, 0.2) is 5.82 Å². The van der Waals surface area contributed by atoms with Crippen molar-refractivity contribution in [2.45, 2.75) is 0 Å². The Morgan fingerprint density at radius 3 is 1.52 bits per heavy atom. The smallest absolute Gasteiger partial charge is 0.160 e. The standard InChI is InChI=1S/C40H26N4/c1-3-12-27(13-4-1)37-26-38(44-40(43-37)30-14-5-2-6-15-30)29-24-22-28(23-25-29)34-20-11-21-36(41-34)39-33-18-8-7-16-31(33)32-17-9-10-19-35(32)42-39/h1-26H. The Balaban J connectivity index is 1.19. The van der Waals surface area contributed by atoms with E-state index in [0.717, 1.165) is 67.0 Å². The number of para-hydroxylation sites is 1. The molecule has 4 nitrogen and oxygen atoms in total. The van der Waals surface area contributed by atoms with Crippen LogP contribution in [0.2, 0.25) is 0 Å². The van der Waals surface area contributed by atoms with Crippen LogP contribution in [0.15, 0.2) is 158 Å². The lowest BCUT2D eigenvalue weighted by Crippen LogP contribution is -1.96. The van der Waals surface area contributed by atoms with Crippen molar-refractivity contribution in [3.05, 3.63) is 158 Å². The molecule has 8 aromatic rings. The van der Waals surface area contributed by atoms with Crippen LogP contribution in [-0.2, 0) is 0 Å². The topological polar surface area (TPSA) is 51.6 Å². The number of pyridine rings is 2. The van der Waals surface area contributed by atoms with E-state index in [1.807, 2.05) is 66.7 Å². The van der Waals surface area contributed by atoms with Gasteiger partial charge in [0, 0.05) is 33.0 Å². The van der Waals surface area contributed by atoms with Gasteiger partial charge in [0.1, 0.15) is 0 Å². The van der Waals surface area contributed by atoms with Gasteiger partial charge in [-0.1, -0.05) is 133 Å². The molecule has 0 saturated carbocycles. The number of rotatable bonds is 5. The predicted octanol–water partition coefficient (Wildman–Crippen LogP) is 9.91. The minimum absolute atomic E-state index is 0.704. The maximum Gasteiger partial charge on any atom is 0.160 e. The maximum absolute atomic E-state index is 5.09. The fourth-order valence-corrected chi connectivity index (χ4v) is 5.71. The molecule has 5 aromatic carbocycles. The van der Waals surface area contributed by atoms with Gasteiger partial charge in [-0.15, -0.1) is 0 Å². The highest BCUT2D eigenvalue weighted by Crippen LogP contribution is 2.33. The Morgan fingerprint density at radius 2 is 0.818 bits per heavy atom. The lowest BCUT2D eigenvalue weighted by atomic mass is 10.0. The molecule has 0 fully saturated rings. The normalized spacial score (nSPS) is 11.2. The van der Waals surface area contributed by atoms with Crippen molar-refractivity contribution in [3.63, 3.8) is 0 Å². The molecule has 0 amide bonds. The first kappa shape index (κ1) is 25.7. The number of fused-ring (bicyclic) bond motifs is 3. The van der Waals surface area contributed by atoms with E-state index in [2.05, 4.69) is 91.0 Å². The second kappa shape index (κ2) is 11.0. The molecule has 44 heavy (non-hydrogen) atoms. The monoisotopic (exact) mass is 562 g/mol. The summed E-state index contributed by atoms with van der Waals surface area (Å²) in [7, 11) is 0. The molecule has 4 heteroatoms. The number of hydrogen-bond acceptors (Lipinski definition) is 4. The van der Waals surface area contributed by atoms with Crippen LogP contribution in [0.5, 0.6) is 0 Å². The summed E-state index contributed by atoms with van der Waals surface area (Å²) in [5.41, 5.74) is 9.45. The molecule has 8 rings (SSSR count). The fourth-order valence-electron chi connectivity index (χ4n) is 5.71. The third-order valence-corrected chi connectivity index (χ3v) is 7.90. The molecule has 0 spiro atoms. The minimum atomic E-state index is 0.704. The van der Waals surface area contributed by atoms with E-state index in [9.17, 15) is 0 Å². The van der Waals surface area contributed by atoms with E-state index in [1.165, 1.54) is 5.39 Å². The van der Waals surface area contributed by atoms with Gasteiger partial charge in [-0.3, -0.25) is 0 Å². The summed E-state index contributed by atoms with van der Waals surface area (Å²) in [6.45, 7) is 0. The Labute approximate surface area is 255 Å². The van der Waals surface area contributed by atoms with E-state index < -0.39 is 0 Å². The summed E-state index contributed by atoms with van der Waals surface area (Å²) in [6, 6.07) is 53.7. The second-order valence-corrected chi connectivity index (χ2v) is 10.7. The summed E-state index contributed by atoms with van der Waals surface area (Å²) in [6.07, 6.45) is 0. The largest absolute Gasteiger partial charge is 0.246 e. The predicted molar refractivity (Wildman–Crippen MR) is 180 cm³/mol. The molecule has 0 bridgehead atoms. The first-order valence-corrected chi connectivity index (χ1v) is 14.7. The van der Waals surface area contributed by atoms with Crippen LogP contribution < -0.4 is 0 Å². The Morgan fingerprint density at radius 1 is 0.295 bits per heavy atom. The van der Waals surface area contributed by atoms with Crippen molar-refractivity contribution in [3.8, 4) is 56.5 Å². The fraction of sp³-hybridized carbons (Fsp3) is 0. The van der Waals surface area contributed by atoms with Crippen LogP contribution in [0.4, 0.5) is 0 Å². The maximum atomic E-state index is 5.09. The minimum Gasteiger partial charge on any atom is -0.246 e. The van der Waals surface area contributed by atoms with E-state index in [-0.39, 0.29) is 0 Å². The average Bonchev–Trinajstić information content (AvgIpc) is 3.12. The zero-order valence-corrected chi connectivity index (χ0v) is 23.8. The third kappa shape index (κ3) is 4.79. The lowest BCUT2D eigenvalue weighted by molar-refractivity contribution is 1.18. The second-order valence-electron chi connectivity index (χ2n) is 10.7. The molecule has 206 valence electrons. The van der Waals surface area contributed by atoms with Crippen LogP contribution >= 0.6 is 0 Å². The Bertz CT molecular complexity index is 2200. The van der Waals surface area contributed by atoms with E-state index >= 15 is 0 Å². The SMILES string of the molecule is c1ccc(-c2cc(-c3ccc(-c4cccc(-c5nc6ccccc6c6ccccc56)n4)cc3)nc(-c3ccccc3)n2)cc1. The van der Waals surface area contributed by atoms with E-state index in [1.54, 1.807) is 0 Å². The quantitative estimate of drug-likeness (QED) is 0.196. The van der Waals surface area contributed by atoms with Gasteiger partial charge in [0.2, 0.25) is 0 Å². The van der Waals surface area contributed by atoms with Gasteiger partial charge >= 0.3 is 0 Å². The summed E-state index contributed by atoms with van der Waals surface area (Å²) in [5.74, 6) is 0.704. The highest BCUT2D eigenvalue weighted by Gasteiger charge is 2.13. The number of nitrogens with zero attached hydrogens (tertiary/aromatic N) is 4. The zero-order chi connectivity index (χ0) is 29.3. The molecule has 0 aliphatic heterocycles. The van der Waals surface area contributed by atoms with Crippen LogP contribution in [-0.4, -0.2) is 19.9 Å². The highest BCUT2D eigenvalue weighted by atomic mass is 14.9. The molecule has 0 saturated heterocycles. The van der Waals surface area contributed by atoms with Crippen LogP contribution in [0.3, 0.4) is 0 Å². The molecule has 0 N–H and O–H groups in total. The first-order valence-electron chi connectivity index (χ1n) is 14.7. The highest BCUT2D eigenvalue weighted by molar-refractivity contribution is 6.10. The molecule has 0 aliphatic rings. The Kier molecular flexibility index (Phi) is 6.43. The zero-order valence-electron chi connectivity index (χ0n) is 23.8. The number of aromatic nitrogens is 4. The summed E-state index contributed by atoms with van der Waals surface area (Å²) in [4.78, 5) is 20.0. The summed E-state index contributed by atoms with van der Waals surface area (Å²) >= 11 is 0. The van der Waals surface area contributed by atoms with Crippen molar-refractivity contribution < 1.29 is 0 Å². The van der Waals surface area contributed by atoms with Gasteiger partial charge in [-0.05, 0) is 29.7 Å². The first-order chi connectivity index (χ1) is 21.8. The number of hydrogen-bond donors (Lipinski definition) is 0. The molecule has 0 atom stereocenters. The summed E-state index contributed by atoms with van der Waals surface area (Å²) in [5, 5.41) is 3.42. The number of benzene rings is 5. The van der Waals surface area contributed by atoms with E-state index in [0.29, 0.717) is 5.82 Å². The van der Waals surface area contributed by atoms with Crippen LogP contribution in [0.1, 0.15) is 0 Å². The molecule has 0 unspecified atom stereocenters. The molecular weight excluding hydrogens is 536 g/mol. The van der Waals surface area contributed by atoms with Crippen LogP contribution in [0.25, 0.3) is 78.2 Å². The van der Waals surface area contributed by atoms with E-state index in [4.69, 9.17) is 19.9 Å². The Hall–Kier alpha value is -6.00. The van der Waals surface area contributed by atoms with Gasteiger partial charge in [0.05, 0.1) is 34.0 Å². The molecule has 3 aromatic heterocycles. The van der Waals surface area contributed by atoms with Gasteiger partial charge < -0.3 is 0 Å². The van der Waals surface area contributed by atoms with Gasteiger partial charge in [-0.2, -0.15) is 0 Å². The molecule has 3 heterocycles. The lowest BCUT2D eigenvalue weighted by Gasteiger charge is -2.11.